The average molecular weight is 379 g/mol. The largest absolute Gasteiger partial charge is 0.389 e. The predicted molar refractivity (Wildman–Crippen MR) is 110 cm³/mol. The highest BCUT2D eigenvalue weighted by Crippen LogP contribution is 2.26. The highest BCUT2D eigenvalue weighted by Gasteiger charge is 2.16. The summed E-state index contributed by atoms with van der Waals surface area (Å²) in [6.07, 6.45) is -0.870. The molecule has 0 radical (unpaired) electrons. The minimum Gasteiger partial charge on any atom is -0.389 e. The Morgan fingerprint density at radius 1 is 0.893 bits per heavy atom. The smallest absolute Gasteiger partial charge is 0.123 e. The molecule has 0 saturated carbocycles. The molecule has 28 heavy (non-hydrogen) atoms. The Morgan fingerprint density at radius 2 is 1.54 bits per heavy atom. The highest BCUT2D eigenvalue weighted by molar-refractivity contribution is 5.31. The molecule has 3 nitrogen and oxygen atoms in total. The van der Waals surface area contributed by atoms with Crippen molar-refractivity contribution in [1.29, 1.82) is 0 Å². The van der Waals surface area contributed by atoms with E-state index in [0.29, 0.717) is 13.1 Å². The normalized spacial score (nSPS) is 13.2. The molecule has 0 fully saturated rings. The summed E-state index contributed by atoms with van der Waals surface area (Å²) in [7, 11) is 0. The van der Waals surface area contributed by atoms with Gasteiger partial charge in [-0.3, -0.25) is 0 Å². The van der Waals surface area contributed by atoms with Crippen LogP contribution in [-0.4, -0.2) is 24.4 Å². The van der Waals surface area contributed by atoms with Crippen LogP contribution in [0.25, 0.3) is 0 Å². The number of hydrogen-bond donors (Lipinski definition) is 2. The Labute approximate surface area is 165 Å². The zero-order valence-corrected chi connectivity index (χ0v) is 16.0. The number of ether oxygens (including phenoxy) is 1. The van der Waals surface area contributed by atoms with Gasteiger partial charge in [0.15, 0.2) is 0 Å². The van der Waals surface area contributed by atoms with Crippen LogP contribution in [0.3, 0.4) is 0 Å². The second-order valence-corrected chi connectivity index (χ2v) is 6.95. The number of rotatable bonds is 9. The van der Waals surface area contributed by atoms with Gasteiger partial charge in [-0.15, -0.1) is 0 Å². The van der Waals surface area contributed by atoms with Gasteiger partial charge in [0.05, 0.1) is 12.7 Å². The Bertz CT molecular complexity index is 835. The zero-order valence-electron chi connectivity index (χ0n) is 16.0. The number of nitrogens with one attached hydrogen (secondary N) is 1. The van der Waals surface area contributed by atoms with Crippen molar-refractivity contribution in [2.75, 3.05) is 13.2 Å². The van der Waals surface area contributed by atoms with Crippen LogP contribution in [-0.2, 0) is 11.3 Å². The predicted octanol–water partition coefficient (Wildman–Crippen LogP) is 4.39. The first kappa shape index (κ1) is 20.2. The van der Waals surface area contributed by atoms with E-state index < -0.39 is 6.10 Å². The molecule has 4 heteroatoms. The number of aryl methyl sites for hydroxylation is 1. The summed E-state index contributed by atoms with van der Waals surface area (Å²) in [5, 5.41) is 13.5. The Hall–Kier alpha value is -2.53. The van der Waals surface area contributed by atoms with E-state index in [9.17, 15) is 9.50 Å². The van der Waals surface area contributed by atoms with Gasteiger partial charge in [-0.1, -0.05) is 72.3 Å². The third-order valence-electron chi connectivity index (χ3n) is 4.56. The van der Waals surface area contributed by atoms with Gasteiger partial charge in [-0.2, -0.15) is 0 Å². The summed E-state index contributed by atoms with van der Waals surface area (Å²) in [6, 6.07) is 24.6. The van der Waals surface area contributed by atoms with Crippen molar-refractivity contribution >= 4 is 0 Å². The lowest BCUT2D eigenvalue weighted by molar-refractivity contribution is 0.00649. The second kappa shape index (κ2) is 10.1. The average Bonchev–Trinajstić information content (AvgIpc) is 2.72. The summed E-state index contributed by atoms with van der Waals surface area (Å²) in [5.74, 6) is -0.250. The fraction of sp³-hybridized carbons (Fsp3) is 0.250. The molecule has 0 aliphatic heterocycles. The quantitative estimate of drug-likeness (QED) is 0.579. The van der Waals surface area contributed by atoms with Crippen molar-refractivity contribution in [2.24, 2.45) is 0 Å². The van der Waals surface area contributed by atoms with E-state index in [-0.39, 0.29) is 18.5 Å². The molecule has 0 saturated heterocycles. The molecule has 0 heterocycles. The van der Waals surface area contributed by atoms with Gasteiger partial charge in [-0.25, -0.2) is 4.39 Å². The standard InChI is InChI=1S/C24H26FNO2/c1-18-7-11-21(12-8-18)24(20-5-3-2-4-6-20)28-17-23(27)16-26-15-19-9-13-22(25)14-10-19/h2-14,23-24,26-27H,15-17H2,1H3/t23-,24-/m1/s1. The van der Waals surface area contributed by atoms with Crippen molar-refractivity contribution in [1.82, 2.24) is 5.32 Å². The van der Waals surface area contributed by atoms with E-state index in [2.05, 4.69) is 36.5 Å². The molecule has 0 aliphatic carbocycles. The van der Waals surface area contributed by atoms with Crippen molar-refractivity contribution in [3.63, 3.8) is 0 Å². The summed E-state index contributed by atoms with van der Waals surface area (Å²) in [5.41, 5.74) is 4.28. The van der Waals surface area contributed by atoms with Gasteiger partial charge in [-0.05, 0) is 35.7 Å². The number of aliphatic hydroxyl groups excluding tert-OH is 1. The first-order valence-electron chi connectivity index (χ1n) is 9.48. The summed E-state index contributed by atoms with van der Waals surface area (Å²) in [4.78, 5) is 0. The molecule has 0 amide bonds. The van der Waals surface area contributed by atoms with Crippen LogP contribution in [0.4, 0.5) is 4.39 Å². The van der Waals surface area contributed by atoms with E-state index in [1.165, 1.54) is 17.7 Å². The molecule has 3 rings (SSSR count). The van der Waals surface area contributed by atoms with Crippen molar-refractivity contribution in [3.05, 3.63) is 107 Å². The van der Waals surface area contributed by atoms with Crippen LogP contribution >= 0.6 is 0 Å². The molecule has 0 bridgehead atoms. The lowest BCUT2D eigenvalue weighted by Gasteiger charge is -2.21. The van der Waals surface area contributed by atoms with Crippen molar-refractivity contribution in [3.8, 4) is 0 Å². The van der Waals surface area contributed by atoms with Crippen LogP contribution in [0.15, 0.2) is 78.9 Å². The monoisotopic (exact) mass is 379 g/mol. The molecule has 0 aliphatic rings. The zero-order chi connectivity index (χ0) is 19.8. The minimum atomic E-state index is -0.642. The fourth-order valence-electron chi connectivity index (χ4n) is 3.01. The molecule has 2 atom stereocenters. The number of benzene rings is 3. The van der Waals surface area contributed by atoms with E-state index in [1.807, 2.05) is 30.3 Å². The first-order chi connectivity index (χ1) is 13.6. The molecule has 3 aromatic carbocycles. The lowest BCUT2D eigenvalue weighted by atomic mass is 10.0. The fourth-order valence-corrected chi connectivity index (χ4v) is 3.01. The van der Waals surface area contributed by atoms with Crippen molar-refractivity contribution in [2.45, 2.75) is 25.7 Å². The topological polar surface area (TPSA) is 41.5 Å². The molecule has 0 spiro atoms. The van der Waals surface area contributed by atoms with E-state index >= 15 is 0 Å². The SMILES string of the molecule is Cc1ccc([C@H](OC[C@H](O)CNCc2ccc(F)cc2)c2ccccc2)cc1. The van der Waals surface area contributed by atoms with E-state index in [0.717, 1.165) is 16.7 Å². The molecule has 146 valence electrons. The van der Waals surface area contributed by atoms with E-state index in [1.54, 1.807) is 12.1 Å². The molecular weight excluding hydrogens is 353 g/mol. The lowest BCUT2D eigenvalue weighted by Crippen LogP contribution is -2.30. The van der Waals surface area contributed by atoms with Gasteiger partial charge < -0.3 is 15.2 Å². The van der Waals surface area contributed by atoms with Crippen LogP contribution in [0.1, 0.15) is 28.4 Å². The molecule has 3 aromatic rings. The minimum absolute atomic E-state index is 0.212. The second-order valence-electron chi connectivity index (χ2n) is 6.95. The van der Waals surface area contributed by atoms with Gasteiger partial charge >= 0.3 is 0 Å². The van der Waals surface area contributed by atoms with Crippen molar-refractivity contribution < 1.29 is 14.2 Å². The summed E-state index contributed by atoms with van der Waals surface area (Å²) < 4.78 is 19.0. The summed E-state index contributed by atoms with van der Waals surface area (Å²) in [6.45, 7) is 3.23. The number of aliphatic hydroxyl groups is 1. The molecule has 0 aromatic heterocycles. The van der Waals surface area contributed by atoms with E-state index in [4.69, 9.17) is 4.74 Å². The number of halogens is 1. The molecule has 0 unspecified atom stereocenters. The molecular formula is C24H26FNO2. The summed E-state index contributed by atoms with van der Waals surface area (Å²) >= 11 is 0. The van der Waals surface area contributed by atoms with Gasteiger partial charge in [0.2, 0.25) is 0 Å². The molecule has 2 N–H and O–H groups in total. The maximum atomic E-state index is 12.9. The third kappa shape index (κ3) is 5.99. The van der Waals surface area contributed by atoms with Crippen LogP contribution < -0.4 is 5.32 Å². The Kier molecular flexibility index (Phi) is 7.31. The van der Waals surface area contributed by atoms with Crippen LogP contribution in [0, 0.1) is 12.7 Å². The van der Waals surface area contributed by atoms with Gasteiger partial charge in [0, 0.05) is 13.1 Å². The Balaban J connectivity index is 1.55. The Morgan fingerprint density at radius 3 is 2.21 bits per heavy atom. The highest BCUT2D eigenvalue weighted by atomic mass is 19.1. The van der Waals surface area contributed by atoms with Gasteiger partial charge in [0.25, 0.3) is 0 Å². The third-order valence-corrected chi connectivity index (χ3v) is 4.56. The van der Waals surface area contributed by atoms with Gasteiger partial charge in [0.1, 0.15) is 11.9 Å². The van der Waals surface area contributed by atoms with Crippen LogP contribution in [0.2, 0.25) is 0 Å². The maximum Gasteiger partial charge on any atom is 0.123 e. The first-order valence-corrected chi connectivity index (χ1v) is 9.48. The maximum absolute atomic E-state index is 12.9. The number of hydrogen-bond acceptors (Lipinski definition) is 3. The van der Waals surface area contributed by atoms with Crippen LogP contribution in [0.5, 0.6) is 0 Å².